The molecule has 1 aromatic carbocycles. The molecule has 0 saturated carbocycles. The minimum absolute atomic E-state index is 0.192. The van der Waals surface area contributed by atoms with Gasteiger partial charge >= 0.3 is 0 Å². The molecule has 1 heterocycles. The summed E-state index contributed by atoms with van der Waals surface area (Å²) in [6, 6.07) is 7.12. The summed E-state index contributed by atoms with van der Waals surface area (Å²) in [5, 5.41) is 6.09. The van der Waals surface area contributed by atoms with Crippen LogP contribution in [-0.2, 0) is 0 Å². The smallest absolute Gasteiger partial charge is 0.270 e. The maximum atomic E-state index is 12.5. The van der Waals surface area contributed by atoms with Crippen molar-refractivity contribution in [3.8, 4) is 11.5 Å². The normalized spacial score (nSPS) is 13.4. The Kier molecular flexibility index (Phi) is 7.05. The van der Waals surface area contributed by atoms with Crippen molar-refractivity contribution >= 4 is 17.5 Å². The van der Waals surface area contributed by atoms with E-state index in [2.05, 4.69) is 26.7 Å². The molecular weight excluding hydrogens is 368 g/mol. The van der Waals surface area contributed by atoms with Crippen LogP contribution in [0.3, 0.4) is 0 Å². The highest BCUT2D eigenvalue weighted by Gasteiger charge is 2.12. The van der Waals surface area contributed by atoms with Crippen LogP contribution in [0.15, 0.2) is 35.9 Å². The molecule has 0 saturated heterocycles. The van der Waals surface area contributed by atoms with E-state index in [9.17, 15) is 4.79 Å². The lowest BCUT2D eigenvalue weighted by Gasteiger charge is -2.13. The third kappa shape index (κ3) is 5.70. The van der Waals surface area contributed by atoms with Gasteiger partial charge in [0.05, 0.1) is 14.2 Å². The van der Waals surface area contributed by atoms with Gasteiger partial charge in [0.15, 0.2) is 11.5 Å². The van der Waals surface area contributed by atoms with Crippen molar-refractivity contribution in [3.05, 3.63) is 47.3 Å². The van der Waals surface area contributed by atoms with Crippen molar-refractivity contribution in [2.75, 3.05) is 26.1 Å². The first-order chi connectivity index (χ1) is 14.1. The van der Waals surface area contributed by atoms with E-state index < -0.39 is 0 Å². The first-order valence-corrected chi connectivity index (χ1v) is 9.90. The Balaban J connectivity index is 1.66. The number of carbonyl (C=O) groups is 1. The second-order valence-electron chi connectivity index (χ2n) is 7.03. The molecule has 0 spiro atoms. The second kappa shape index (κ2) is 9.91. The average Bonchev–Trinajstić information content (AvgIpc) is 2.74. The van der Waals surface area contributed by atoms with Crippen LogP contribution in [0, 0.1) is 6.92 Å². The van der Waals surface area contributed by atoms with Gasteiger partial charge in [-0.05, 0) is 57.2 Å². The Bertz CT molecular complexity index is 896. The highest BCUT2D eigenvalue weighted by Crippen LogP contribution is 2.30. The summed E-state index contributed by atoms with van der Waals surface area (Å²) in [7, 11) is 3.17. The van der Waals surface area contributed by atoms with Gasteiger partial charge in [0.1, 0.15) is 5.69 Å². The fourth-order valence-corrected chi connectivity index (χ4v) is 3.34. The summed E-state index contributed by atoms with van der Waals surface area (Å²) in [6.07, 6.45) is 8.01. The third-order valence-corrected chi connectivity index (χ3v) is 4.84. The molecule has 1 aromatic heterocycles. The summed E-state index contributed by atoms with van der Waals surface area (Å²) in [5.74, 6) is 1.40. The number of benzene rings is 1. The number of nitrogens with zero attached hydrogens (tertiary/aromatic N) is 2. The molecule has 0 radical (unpaired) electrons. The Hall–Kier alpha value is -3.09. The number of allylic oxidation sites excluding steroid dienone is 1. The molecule has 1 aliphatic carbocycles. The van der Waals surface area contributed by atoms with Crippen molar-refractivity contribution in [3.63, 3.8) is 0 Å². The second-order valence-corrected chi connectivity index (χ2v) is 7.03. The van der Waals surface area contributed by atoms with Crippen LogP contribution < -0.4 is 20.1 Å². The molecule has 0 fully saturated rings. The van der Waals surface area contributed by atoms with Crippen LogP contribution in [0.2, 0.25) is 0 Å². The number of rotatable bonds is 8. The Morgan fingerprint density at radius 3 is 2.66 bits per heavy atom. The summed E-state index contributed by atoms with van der Waals surface area (Å²) in [6.45, 7) is 2.46. The predicted octanol–water partition coefficient (Wildman–Crippen LogP) is 4.17. The van der Waals surface area contributed by atoms with Crippen molar-refractivity contribution in [1.29, 1.82) is 0 Å². The van der Waals surface area contributed by atoms with Gasteiger partial charge in [0.2, 0.25) is 5.95 Å². The molecule has 7 nitrogen and oxygen atoms in total. The predicted molar refractivity (Wildman–Crippen MR) is 113 cm³/mol. The molecule has 0 atom stereocenters. The fourth-order valence-electron chi connectivity index (χ4n) is 3.34. The Labute approximate surface area is 171 Å². The van der Waals surface area contributed by atoms with Crippen molar-refractivity contribution < 1.29 is 14.3 Å². The van der Waals surface area contributed by atoms with Gasteiger partial charge in [-0.1, -0.05) is 11.6 Å². The van der Waals surface area contributed by atoms with Gasteiger partial charge in [0.25, 0.3) is 5.91 Å². The summed E-state index contributed by atoms with van der Waals surface area (Å²) in [4.78, 5) is 21.3. The Morgan fingerprint density at radius 2 is 1.93 bits per heavy atom. The first kappa shape index (κ1) is 20.6. The monoisotopic (exact) mass is 396 g/mol. The van der Waals surface area contributed by atoms with E-state index in [-0.39, 0.29) is 5.91 Å². The van der Waals surface area contributed by atoms with E-state index in [0.717, 1.165) is 24.9 Å². The quantitative estimate of drug-likeness (QED) is 0.652. The zero-order valence-corrected chi connectivity index (χ0v) is 17.2. The zero-order valence-electron chi connectivity index (χ0n) is 17.2. The van der Waals surface area contributed by atoms with E-state index in [1.807, 2.05) is 13.0 Å². The van der Waals surface area contributed by atoms with Crippen LogP contribution >= 0.6 is 0 Å². The van der Waals surface area contributed by atoms with Crippen LogP contribution in [0.1, 0.15) is 48.3 Å². The molecule has 0 bridgehead atoms. The van der Waals surface area contributed by atoms with E-state index >= 15 is 0 Å². The number of ether oxygens (including phenoxy) is 2. The number of amides is 1. The molecular formula is C22H28N4O3. The van der Waals surface area contributed by atoms with Gasteiger partial charge in [0, 0.05) is 24.0 Å². The molecule has 2 aromatic rings. The molecule has 1 amide bonds. The number of anilines is 2. The van der Waals surface area contributed by atoms with Crippen LogP contribution in [0.4, 0.5) is 11.6 Å². The van der Waals surface area contributed by atoms with Crippen molar-refractivity contribution in [2.24, 2.45) is 0 Å². The lowest BCUT2D eigenvalue weighted by Crippen LogP contribution is -2.26. The summed E-state index contributed by atoms with van der Waals surface area (Å²) < 4.78 is 10.6. The van der Waals surface area contributed by atoms with E-state index in [0.29, 0.717) is 35.4 Å². The number of hydrogen-bond donors (Lipinski definition) is 2. The number of hydrogen-bond acceptors (Lipinski definition) is 6. The standard InChI is InChI=1S/C22H28N4O3/c1-15-13-18(21(27)23-12-11-16-7-5-4-6-8-16)26-22(24-15)25-17-9-10-19(28-2)20(14-17)29-3/h7,9-10,13-14H,4-6,8,11-12H2,1-3H3,(H,23,27)(H,24,25,26). The Morgan fingerprint density at radius 1 is 1.10 bits per heavy atom. The molecule has 3 rings (SSSR count). The number of methoxy groups -OCH3 is 2. The molecule has 2 N–H and O–H groups in total. The molecule has 1 aliphatic rings. The largest absolute Gasteiger partial charge is 0.493 e. The van der Waals surface area contributed by atoms with E-state index in [1.54, 1.807) is 32.4 Å². The summed E-state index contributed by atoms with van der Waals surface area (Å²) in [5.41, 5.74) is 3.23. The highest BCUT2D eigenvalue weighted by atomic mass is 16.5. The number of aromatic nitrogens is 2. The molecule has 0 unspecified atom stereocenters. The first-order valence-electron chi connectivity index (χ1n) is 9.90. The minimum Gasteiger partial charge on any atom is -0.493 e. The van der Waals surface area contributed by atoms with Crippen LogP contribution in [0.25, 0.3) is 0 Å². The van der Waals surface area contributed by atoms with Gasteiger partial charge in [-0.2, -0.15) is 0 Å². The van der Waals surface area contributed by atoms with E-state index in [4.69, 9.17) is 9.47 Å². The van der Waals surface area contributed by atoms with Crippen molar-refractivity contribution in [2.45, 2.75) is 39.0 Å². The highest BCUT2D eigenvalue weighted by molar-refractivity contribution is 5.92. The molecule has 7 heteroatoms. The number of aryl methyl sites for hydroxylation is 1. The summed E-state index contributed by atoms with van der Waals surface area (Å²) >= 11 is 0. The maximum Gasteiger partial charge on any atom is 0.270 e. The van der Waals surface area contributed by atoms with Gasteiger partial charge in [-0.25, -0.2) is 9.97 Å². The van der Waals surface area contributed by atoms with Crippen LogP contribution in [-0.4, -0.2) is 36.6 Å². The topological polar surface area (TPSA) is 85.4 Å². The number of carbonyl (C=O) groups excluding carboxylic acids is 1. The molecule has 29 heavy (non-hydrogen) atoms. The molecule has 154 valence electrons. The number of nitrogens with one attached hydrogen (secondary N) is 2. The maximum absolute atomic E-state index is 12.5. The van der Waals surface area contributed by atoms with Crippen LogP contribution in [0.5, 0.6) is 11.5 Å². The van der Waals surface area contributed by atoms with Gasteiger partial charge in [-0.15, -0.1) is 0 Å². The molecule has 0 aliphatic heterocycles. The lowest BCUT2D eigenvalue weighted by atomic mass is 9.97. The SMILES string of the molecule is COc1ccc(Nc2nc(C)cc(C(=O)NCCC3=CCCCC3)n2)cc1OC. The van der Waals surface area contributed by atoms with Crippen molar-refractivity contribution in [1.82, 2.24) is 15.3 Å². The zero-order chi connectivity index (χ0) is 20.6. The van der Waals surface area contributed by atoms with Gasteiger partial charge < -0.3 is 20.1 Å². The average molecular weight is 396 g/mol. The lowest BCUT2D eigenvalue weighted by molar-refractivity contribution is 0.0949. The van der Waals surface area contributed by atoms with E-state index in [1.165, 1.54) is 18.4 Å². The van der Waals surface area contributed by atoms with Gasteiger partial charge in [-0.3, -0.25) is 4.79 Å². The fraction of sp³-hybridized carbons (Fsp3) is 0.409. The minimum atomic E-state index is -0.192. The third-order valence-electron chi connectivity index (χ3n) is 4.84.